The SMILES string of the molecule is CCOc1ccc(C=CC(=O)c2ccc(OCc3ccccc3)cc2OCc2ccccc2)c(O)c1. The Bertz CT molecular complexity index is 1310. The molecule has 0 aliphatic carbocycles. The average molecular weight is 481 g/mol. The van der Waals surface area contributed by atoms with Crippen LogP contribution in [0.3, 0.4) is 0 Å². The van der Waals surface area contributed by atoms with E-state index in [2.05, 4.69) is 0 Å². The second kappa shape index (κ2) is 12.3. The molecule has 0 aliphatic heterocycles. The van der Waals surface area contributed by atoms with E-state index in [1.807, 2.05) is 67.6 Å². The Labute approximate surface area is 211 Å². The first kappa shape index (κ1) is 24.6. The summed E-state index contributed by atoms with van der Waals surface area (Å²) in [5.41, 5.74) is 2.95. The lowest BCUT2D eigenvalue weighted by Gasteiger charge is -2.13. The number of benzene rings is 4. The van der Waals surface area contributed by atoms with E-state index in [0.717, 1.165) is 11.1 Å². The van der Waals surface area contributed by atoms with E-state index in [1.54, 1.807) is 36.4 Å². The molecule has 182 valence electrons. The van der Waals surface area contributed by atoms with Crippen LogP contribution in [0, 0.1) is 0 Å². The summed E-state index contributed by atoms with van der Waals surface area (Å²) in [6, 6.07) is 29.8. The molecule has 36 heavy (non-hydrogen) atoms. The zero-order valence-electron chi connectivity index (χ0n) is 20.1. The Balaban J connectivity index is 1.54. The highest BCUT2D eigenvalue weighted by atomic mass is 16.5. The van der Waals surface area contributed by atoms with Crippen LogP contribution in [-0.2, 0) is 13.2 Å². The molecule has 0 radical (unpaired) electrons. The lowest BCUT2D eigenvalue weighted by Crippen LogP contribution is -2.04. The molecule has 0 heterocycles. The van der Waals surface area contributed by atoms with Gasteiger partial charge in [0.25, 0.3) is 0 Å². The normalized spacial score (nSPS) is 10.8. The van der Waals surface area contributed by atoms with Crippen LogP contribution in [0.2, 0.25) is 0 Å². The van der Waals surface area contributed by atoms with Gasteiger partial charge in [-0.2, -0.15) is 0 Å². The van der Waals surface area contributed by atoms with Crippen LogP contribution in [0.15, 0.2) is 103 Å². The number of aromatic hydroxyl groups is 1. The molecule has 0 spiro atoms. The Morgan fingerprint density at radius 2 is 1.36 bits per heavy atom. The van der Waals surface area contributed by atoms with E-state index < -0.39 is 0 Å². The fourth-order valence-corrected chi connectivity index (χ4v) is 3.57. The minimum Gasteiger partial charge on any atom is -0.507 e. The predicted octanol–water partition coefficient (Wildman–Crippen LogP) is 6.85. The number of ether oxygens (including phenoxy) is 3. The van der Waals surface area contributed by atoms with Crippen molar-refractivity contribution >= 4 is 11.9 Å². The molecule has 0 saturated carbocycles. The van der Waals surface area contributed by atoms with Crippen molar-refractivity contribution in [3.05, 3.63) is 125 Å². The number of hydrogen-bond donors (Lipinski definition) is 1. The molecule has 5 nitrogen and oxygen atoms in total. The van der Waals surface area contributed by atoms with Crippen molar-refractivity contribution in [2.24, 2.45) is 0 Å². The van der Waals surface area contributed by atoms with Crippen LogP contribution in [0.4, 0.5) is 0 Å². The fourth-order valence-electron chi connectivity index (χ4n) is 3.57. The van der Waals surface area contributed by atoms with E-state index >= 15 is 0 Å². The first-order valence-corrected chi connectivity index (χ1v) is 11.8. The van der Waals surface area contributed by atoms with Crippen LogP contribution in [-0.4, -0.2) is 17.5 Å². The third kappa shape index (κ3) is 6.76. The molecule has 4 aromatic carbocycles. The number of hydrogen-bond acceptors (Lipinski definition) is 5. The largest absolute Gasteiger partial charge is 0.507 e. The van der Waals surface area contributed by atoms with Gasteiger partial charge < -0.3 is 19.3 Å². The lowest BCUT2D eigenvalue weighted by atomic mass is 10.1. The standard InChI is InChI=1S/C31H28O5/c1-2-34-26-15-13-25(30(33)19-26)14-18-29(32)28-17-16-27(35-21-23-9-5-3-6-10-23)20-31(28)36-22-24-11-7-4-8-12-24/h3-20,33H,2,21-22H2,1H3. The van der Waals surface area contributed by atoms with Crippen LogP contribution in [0.5, 0.6) is 23.0 Å². The fraction of sp³-hybridized carbons (Fsp3) is 0.129. The number of rotatable bonds is 11. The number of carbonyl (C=O) groups is 1. The maximum Gasteiger partial charge on any atom is 0.189 e. The second-order valence-corrected chi connectivity index (χ2v) is 8.06. The molecule has 0 amide bonds. The molecule has 0 saturated heterocycles. The highest BCUT2D eigenvalue weighted by Crippen LogP contribution is 2.29. The number of phenols is 1. The van der Waals surface area contributed by atoms with Gasteiger partial charge in [-0.15, -0.1) is 0 Å². The molecule has 0 bridgehead atoms. The monoisotopic (exact) mass is 480 g/mol. The Morgan fingerprint density at radius 1 is 0.750 bits per heavy atom. The molecule has 0 fully saturated rings. The average Bonchev–Trinajstić information content (AvgIpc) is 2.91. The third-order valence-electron chi connectivity index (χ3n) is 5.43. The van der Waals surface area contributed by atoms with Crippen molar-refractivity contribution < 1.29 is 24.1 Å². The second-order valence-electron chi connectivity index (χ2n) is 8.06. The highest BCUT2D eigenvalue weighted by Gasteiger charge is 2.13. The summed E-state index contributed by atoms with van der Waals surface area (Å²) >= 11 is 0. The van der Waals surface area contributed by atoms with Crippen LogP contribution in [0.25, 0.3) is 6.08 Å². The van der Waals surface area contributed by atoms with Crippen molar-refractivity contribution in [3.8, 4) is 23.0 Å². The molecular weight excluding hydrogens is 452 g/mol. The smallest absolute Gasteiger partial charge is 0.189 e. The molecular formula is C31H28O5. The van der Waals surface area contributed by atoms with Crippen molar-refractivity contribution in [3.63, 3.8) is 0 Å². The quantitative estimate of drug-likeness (QED) is 0.188. The van der Waals surface area contributed by atoms with Crippen LogP contribution < -0.4 is 14.2 Å². The van der Waals surface area contributed by atoms with E-state index in [-0.39, 0.29) is 11.5 Å². The first-order chi connectivity index (χ1) is 17.6. The van der Waals surface area contributed by atoms with Crippen molar-refractivity contribution in [1.29, 1.82) is 0 Å². The molecule has 0 aliphatic rings. The van der Waals surface area contributed by atoms with E-state index in [1.165, 1.54) is 12.1 Å². The highest BCUT2D eigenvalue weighted by molar-refractivity contribution is 6.08. The first-order valence-electron chi connectivity index (χ1n) is 11.8. The predicted molar refractivity (Wildman–Crippen MR) is 141 cm³/mol. The Kier molecular flexibility index (Phi) is 8.39. The molecule has 5 heteroatoms. The van der Waals surface area contributed by atoms with Gasteiger partial charge in [0.05, 0.1) is 12.2 Å². The van der Waals surface area contributed by atoms with E-state index in [4.69, 9.17) is 14.2 Å². The van der Waals surface area contributed by atoms with E-state index in [0.29, 0.717) is 48.2 Å². The summed E-state index contributed by atoms with van der Waals surface area (Å²) < 4.78 is 17.4. The van der Waals surface area contributed by atoms with Crippen LogP contribution in [0.1, 0.15) is 34.0 Å². The topological polar surface area (TPSA) is 65.0 Å². The van der Waals surface area contributed by atoms with Gasteiger partial charge in [-0.1, -0.05) is 60.7 Å². The van der Waals surface area contributed by atoms with E-state index in [9.17, 15) is 9.90 Å². The van der Waals surface area contributed by atoms with Gasteiger partial charge in [-0.05, 0) is 54.5 Å². The maximum atomic E-state index is 13.1. The molecule has 4 aromatic rings. The minimum absolute atomic E-state index is 0.0372. The molecule has 4 rings (SSSR count). The minimum atomic E-state index is -0.249. The van der Waals surface area contributed by atoms with Crippen molar-refractivity contribution in [1.82, 2.24) is 0 Å². The van der Waals surface area contributed by atoms with Gasteiger partial charge in [0.2, 0.25) is 0 Å². The number of carbonyl (C=O) groups excluding carboxylic acids is 1. The maximum absolute atomic E-state index is 13.1. The Hall–Kier alpha value is -4.51. The molecule has 0 aromatic heterocycles. The summed E-state index contributed by atoms with van der Waals surface area (Å²) in [5.74, 6) is 1.39. The van der Waals surface area contributed by atoms with Gasteiger partial charge >= 0.3 is 0 Å². The summed E-state index contributed by atoms with van der Waals surface area (Å²) in [4.78, 5) is 13.1. The molecule has 0 unspecified atom stereocenters. The molecule has 0 atom stereocenters. The number of allylic oxidation sites excluding steroid dienone is 1. The number of phenolic OH excluding ortho intramolecular Hbond substituents is 1. The summed E-state index contributed by atoms with van der Waals surface area (Å²) in [6.07, 6.45) is 3.00. The third-order valence-corrected chi connectivity index (χ3v) is 5.43. The van der Waals surface area contributed by atoms with Crippen molar-refractivity contribution in [2.75, 3.05) is 6.61 Å². The zero-order valence-corrected chi connectivity index (χ0v) is 20.1. The van der Waals surface area contributed by atoms with Crippen molar-refractivity contribution in [2.45, 2.75) is 20.1 Å². The molecule has 1 N–H and O–H groups in total. The van der Waals surface area contributed by atoms with Gasteiger partial charge in [-0.25, -0.2) is 0 Å². The van der Waals surface area contributed by atoms with Gasteiger partial charge in [-0.3, -0.25) is 4.79 Å². The van der Waals surface area contributed by atoms with Gasteiger partial charge in [0.1, 0.15) is 36.2 Å². The Morgan fingerprint density at radius 3 is 2.00 bits per heavy atom. The summed E-state index contributed by atoms with van der Waals surface area (Å²) in [7, 11) is 0. The summed E-state index contributed by atoms with van der Waals surface area (Å²) in [5, 5.41) is 10.3. The van der Waals surface area contributed by atoms with Gasteiger partial charge in [0.15, 0.2) is 5.78 Å². The zero-order chi connectivity index (χ0) is 25.2. The van der Waals surface area contributed by atoms with Crippen LogP contribution >= 0.6 is 0 Å². The van der Waals surface area contributed by atoms with Gasteiger partial charge in [0, 0.05) is 17.7 Å². The lowest BCUT2D eigenvalue weighted by molar-refractivity contribution is 0.104. The summed E-state index contributed by atoms with van der Waals surface area (Å²) in [6.45, 7) is 3.10. The number of ketones is 1.